The molecule has 1 aliphatic heterocycles. The van der Waals surface area contributed by atoms with E-state index in [-0.39, 0.29) is 0 Å². The van der Waals surface area contributed by atoms with Crippen LogP contribution in [0.3, 0.4) is 0 Å². The smallest absolute Gasteiger partial charge is 0.0629 e. The largest absolute Gasteiger partial charge is 0.381 e. The molecule has 0 unspecified atom stereocenters. The first-order chi connectivity index (χ1) is 9.09. The molecule has 0 saturated carbocycles. The van der Waals surface area contributed by atoms with Crippen molar-refractivity contribution in [3.63, 3.8) is 0 Å². The number of nitrogens with zero attached hydrogens (tertiary/aromatic N) is 2. The SMILES string of the molecule is Cc1nn(C2CCOCC2)c(C)c1CCNC(C)C. The van der Waals surface area contributed by atoms with Crippen LogP contribution < -0.4 is 5.32 Å². The highest BCUT2D eigenvalue weighted by molar-refractivity contribution is 5.25. The molecule has 0 aliphatic carbocycles. The molecule has 4 heteroatoms. The lowest BCUT2D eigenvalue weighted by Crippen LogP contribution is -2.25. The molecule has 0 amide bonds. The summed E-state index contributed by atoms with van der Waals surface area (Å²) in [4.78, 5) is 0. The van der Waals surface area contributed by atoms with E-state index in [0.717, 1.165) is 39.0 Å². The van der Waals surface area contributed by atoms with Gasteiger partial charge in [0.25, 0.3) is 0 Å². The molecule has 4 nitrogen and oxygen atoms in total. The Labute approximate surface area is 116 Å². The first-order valence-corrected chi connectivity index (χ1v) is 7.45. The normalized spacial score (nSPS) is 17.3. The number of aryl methyl sites for hydroxylation is 1. The molecule has 0 radical (unpaired) electrons. The summed E-state index contributed by atoms with van der Waals surface area (Å²) in [6, 6.07) is 1.07. The summed E-state index contributed by atoms with van der Waals surface area (Å²) in [5.74, 6) is 0. The molecule has 1 N–H and O–H groups in total. The quantitative estimate of drug-likeness (QED) is 0.888. The molecule has 1 aliphatic rings. The fourth-order valence-electron chi connectivity index (χ4n) is 2.83. The summed E-state index contributed by atoms with van der Waals surface area (Å²) >= 11 is 0. The molecule has 19 heavy (non-hydrogen) atoms. The van der Waals surface area contributed by atoms with Crippen LogP contribution in [-0.2, 0) is 11.2 Å². The third-order valence-corrected chi connectivity index (χ3v) is 3.94. The minimum Gasteiger partial charge on any atom is -0.381 e. The van der Waals surface area contributed by atoms with Crippen LogP contribution in [0.1, 0.15) is 49.7 Å². The number of aromatic nitrogens is 2. The van der Waals surface area contributed by atoms with Crippen molar-refractivity contribution < 1.29 is 4.74 Å². The molecule has 2 heterocycles. The fourth-order valence-corrected chi connectivity index (χ4v) is 2.83. The molecule has 2 rings (SSSR count). The zero-order valence-corrected chi connectivity index (χ0v) is 12.7. The van der Waals surface area contributed by atoms with Gasteiger partial charge in [0, 0.05) is 24.9 Å². The first kappa shape index (κ1) is 14.5. The zero-order valence-electron chi connectivity index (χ0n) is 12.7. The molecule has 1 aromatic rings. The standard InChI is InChI=1S/C15H27N3O/c1-11(2)16-8-5-15-12(3)17-18(13(15)4)14-6-9-19-10-7-14/h11,14,16H,5-10H2,1-4H3. The Hall–Kier alpha value is -0.870. The molecule has 1 aromatic heterocycles. The topological polar surface area (TPSA) is 39.1 Å². The predicted octanol–water partition coefficient (Wildman–Crippen LogP) is 2.39. The van der Waals surface area contributed by atoms with Gasteiger partial charge in [-0.05, 0) is 45.2 Å². The Morgan fingerprint density at radius 1 is 1.32 bits per heavy atom. The summed E-state index contributed by atoms with van der Waals surface area (Å²) in [5.41, 5.74) is 3.95. The fraction of sp³-hybridized carbons (Fsp3) is 0.800. The average molecular weight is 265 g/mol. The molecular weight excluding hydrogens is 238 g/mol. The summed E-state index contributed by atoms with van der Waals surface area (Å²) in [6.07, 6.45) is 3.25. The molecule has 1 saturated heterocycles. The van der Waals surface area contributed by atoms with Crippen molar-refractivity contribution >= 4 is 0 Å². The maximum absolute atomic E-state index is 5.44. The molecule has 108 valence electrons. The number of hydrogen-bond donors (Lipinski definition) is 1. The van der Waals surface area contributed by atoms with Crippen LogP contribution in [0, 0.1) is 13.8 Å². The minimum absolute atomic E-state index is 0.527. The molecule has 0 bridgehead atoms. The minimum atomic E-state index is 0.527. The maximum atomic E-state index is 5.44. The van der Waals surface area contributed by atoms with Gasteiger partial charge in [0.05, 0.1) is 11.7 Å². The van der Waals surface area contributed by atoms with Gasteiger partial charge in [-0.1, -0.05) is 13.8 Å². The lowest BCUT2D eigenvalue weighted by Gasteiger charge is -2.23. The van der Waals surface area contributed by atoms with Crippen LogP contribution >= 0.6 is 0 Å². The van der Waals surface area contributed by atoms with Gasteiger partial charge in [-0.3, -0.25) is 4.68 Å². The molecule has 0 aromatic carbocycles. The van der Waals surface area contributed by atoms with Crippen molar-refractivity contribution in [2.45, 2.75) is 59.0 Å². The lowest BCUT2D eigenvalue weighted by molar-refractivity contribution is 0.0656. The third kappa shape index (κ3) is 3.57. The van der Waals surface area contributed by atoms with E-state index in [1.807, 2.05) is 0 Å². The summed E-state index contributed by atoms with van der Waals surface area (Å²) < 4.78 is 7.68. The highest BCUT2D eigenvalue weighted by Gasteiger charge is 2.20. The van der Waals surface area contributed by atoms with Crippen molar-refractivity contribution in [3.05, 3.63) is 17.0 Å². The van der Waals surface area contributed by atoms with E-state index in [2.05, 4.69) is 37.7 Å². The second-order valence-corrected chi connectivity index (χ2v) is 5.80. The van der Waals surface area contributed by atoms with E-state index < -0.39 is 0 Å². The van der Waals surface area contributed by atoms with E-state index in [1.165, 1.54) is 17.0 Å². The van der Waals surface area contributed by atoms with Gasteiger partial charge in [-0.2, -0.15) is 5.10 Å². The summed E-state index contributed by atoms with van der Waals surface area (Å²) in [5, 5.41) is 8.25. The van der Waals surface area contributed by atoms with Crippen molar-refractivity contribution in [3.8, 4) is 0 Å². The van der Waals surface area contributed by atoms with Crippen LogP contribution in [0.2, 0.25) is 0 Å². The van der Waals surface area contributed by atoms with Crippen LogP contribution in [0.5, 0.6) is 0 Å². The summed E-state index contributed by atoms with van der Waals surface area (Å²) in [6.45, 7) is 11.5. The predicted molar refractivity (Wildman–Crippen MR) is 77.6 cm³/mol. The van der Waals surface area contributed by atoms with Gasteiger partial charge in [-0.25, -0.2) is 0 Å². The number of hydrogen-bond acceptors (Lipinski definition) is 3. The Bertz CT molecular complexity index is 406. The van der Waals surface area contributed by atoms with Gasteiger partial charge in [-0.15, -0.1) is 0 Å². The average Bonchev–Trinajstić information content (AvgIpc) is 2.67. The van der Waals surface area contributed by atoms with Gasteiger partial charge < -0.3 is 10.1 Å². The van der Waals surface area contributed by atoms with Crippen molar-refractivity contribution in [1.82, 2.24) is 15.1 Å². The zero-order chi connectivity index (χ0) is 13.8. The Balaban J connectivity index is 2.05. The van der Waals surface area contributed by atoms with E-state index in [1.54, 1.807) is 0 Å². The van der Waals surface area contributed by atoms with Crippen molar-refractivity contribution in [2.75, 3.05) is 19.8 Å². The van der Waals surface area contributed by atoms with Gasteiger partial charge in [0.15, 0.2) is 0 Å². The van der Waals surface area contributed by atoms with Gasteiger partial charge in [0.1, 0.15) is 0 Å². The second kappa shape index (κ2) is 6.53. The van der Waals surface area contributed by atoms with Crippen LogP contribution in [0.25, 0.3) is 0 Å². The molecule has 0 spiro atoms. The Kier molecular flexibility index (Phi) is 4.99. The van der Waals surface area contributed by atoms with E-state index in [0.29, 0.717) is 12.1 Å². The third-order valence-electron chi connectivity index (χ3n) is 3.94. The first-order valence-electron chi connectivity index (χ1n) is 7.45. The molecular formula is C15H27N3O. The monoisotopic (exact) mass is 265 g/mol. The van der Waals surface area contributed by atoms with Crippen LogP contribution in [0.4, 0.5) is 0 Å². The van der Waals surface area contributed by atoms with Crippen LogP contribution in [0.15, 0.2) is 0 Å². The summed E-state index contributed by atoms with van der Waals surface area (Å²) in [7, 11) is 0. The second-order valence-electron chi connectivity index (χ2n) is 5.80. The Morgan fingerprint density at radius 2 is 2.00 bits per heavy atom. The van der Waals surface area contributed by atoms with E-state index in [9.17, 15) is 0 Å². The van der Waals surface area contributed by atoms with Crippen molar-refractivity contribution in [2.24, 2.45) is 0 Å². The molecule has 1 fully saturated rings. The van der Waals surface area contributed by atoms with Gasteiger partial charge >= 0.3 is 0 Å². The van der Waals surface area contributed by atoms with Gasteiger partial charge in [0.2, 0.25) is 0 Å². The number of rotatable bonds is 5. The molecule has 0 atom stereocenters. The lowest BCUT2D eigenvalue weighted by atomic mass is 10.1. The Morgan fingerprint density at radius 3 is 2.63 bits per heavy atom. The highest BCUT2D eigenvalue weighted by Crippen LogP contribution is 2.25. The van der Waals surface area contributed by atoms with Crippen molar-refractivity contribution in [1.29, 1.82) is 0 Å². The maximum Gasteiger partial charge on any atom is 0.0629 e. The highest BCUT2D eigenvalue weighted by atomic mass is 16.5. The number of ether oxygens (including phenoxy) is 1. The van der Waals surface area contributed by atoms with E-state index >= 15 is 0 Å². The number of nitrogens with one attached hydrogen (secondary N) is 1. The van der Waals surface area contributed by atoms with Crippen LogP contribution in [-0.4, -0.2) is 35.6 Å². The van der Waals surface area contributed by atoms with E-state index in [4.69, 9.17) is 9.84 Å².